The third-order valence-corrected chi connectivity index (χ3v) is 24.8. The monoisotopic (exact) mass is 1600 g/mol. The molecule has 580 valence electrons. The van der Waals surface area contributed by atoms with Crippen LogP contribution >= 0.6 is 24.4 Å². The van der Waals surface area contributed by atoms with E-state index in [1.807, 2.05) is 87.6 Å². The van der Waals surface area contributed by atoms with Gasteiger partial charge < -0.3 is 57.6 Å². The molecule has 0 spiro atoms. The van der Waals surface area contributed by atoms with Crippen LogP contribution in [0.2, 0.25) is 0 Å². The van der Waals surface area contributed by atoms with E-state index in [4.69, 9.17) is 28.8 Å². The van der Waals surface area contributed by atoms with E-state index in [-0.39, 0.29) is 49.8 Å². The first-order chi connectivity index (χ1) is 53.6. The van der Waals surface area contributed by atoms with E-state index in [1.54, 1.807) is 183 Å². The Hall–Kier alpha value is -11.6. The Kier molecular flexibility index (Phi) is 27.7. The molecule has 0 radical (unpaired) electrons. The number of fused-ring (bicyclic) bond motifs is 5. The molecule has 0 bridgehead atoms. The second-order valence-electron chi connectivity index (χ2n) is 25.9. The van der Waals surface area contributed by atoms with Gasteiger partial charge in [-0.05, 0) is 167 Å². The predicted octanol–water partition coefficient (Wildman–Crippen LogP) is 19.0. The first kappa shape index (κ1) is 82.9. The lowest BCUT2D eigenvalue weighted by atomic mass is 10.2. The quantitative estimate of drug-likeness (QED) is 0.0372. The summed E-state index contributed by atoms with van der Waals surface area (Å²) in [5.41, 5.74) is 9.81. The van der Waals surface area contributed by atoms with Gasteiger partial charge in [-0.15, -0.1) is 12.6 Å². The van der Waals surface area contributed by atoms with Gasteiger partial charge in [-0.25, -0.2) is 25.3 Å². The summed E-state index contributed by atoms with van der Waals surface area (Å²) in [6, 6.07) is 66.6. The molecular weight excluding hydrogens is 1520 g/mol. The number of thiol groups is 1. The summed E-state index contributed by atoms with van der Waals surface area (Å²) in [5.74, 6) is 2.33. The zero-order valence-corrected chi connectivity index (χ0v) is 67.8. The van der Waals surface area contributed by atoms with E-state index in [1.165, 1.54) is 58.3 Å². The Balaban J connectivity index is 0.000000148. The number of aromatic nitrogens is 5. The van der Waals surface area contributed by atoms with Crippen LogP contribution in [0.4, 0.5) is 0 Å². The first-order valence-corrected chi connectivity index (χ1v) is 40.9. The van der Waals surface area contributed by atoms with E-state index in [0.717, 1.165) is 49.6 Å². The van der Waals surface area contributed by atoms with Crippen LogP contribution in [0.3, 0.4) is 0 Å². The van der Waals surface area contributed by atoms with E-state index >= 15 is 0 Å². The molecule has 4 N–H and O–H groups in total. The van der Waals surface area contributed by atoms with E-state index in [0.29, 0.717) is 55.9 Å². The molecule has 5 heterocycles. The van der Waals surface area contributed by atoms with Crippen LogP contribution < -0.4 is 23.7 Å². The predicted molar refractivity (Wildman–Crippen MR) is 444 cm³/mol. The molecule has 5 aromatic heterocycles. The molecule has 0 saturated carbocycles. The molecule has 0 aliphatic rings. The molecule has 25 heteroatoms. The zero-order chi connectivity index (χ0) is 80.4. The van der Waals surface area contributed by atoms with Gasteiger partial charge in [0.25, 0.3) is 0 Å². The topological polar surface area (TPSA) is 269 Å². The number of carbonyl (C=O) groups excluding carboxylic acids is 1. The number of H-pyrrole nitrogens is 3. The summed E-state index contributed by atoms with van der Waals surface area (Å²) >= 11 is 5.91. The minimum atomic E-state index is -3.73. The highest BCUT2D eigenvalue weighted by Gasteiger charge is 2.27. The fourth-order valence-electron chi connectivity index (χ4n) is 11.7. The van der Waals surface area contributed by atoms with Crippen molar-refractivity contribution in [3.05, 3.63) is 277 Å². The van der Waals surface area contributed by atoms with Crippen molar-refractivity contribution in [2.45, 2.75) is 105 Å². The molecule has 0 unspecified atom stereocenters. The van der Waals surface area contributed by atoms with Gasteiger partial charge in [0, 0.05) is 116 Å². The maximum Gasteiger partial charge on any atom is 0.307 e. The number of aryl methyl sites for hydroxylation is 7. The van der Waals surface area contributed by atoms with Crippen LogP contribution in [0.15, 0.2) is 293 Å². The molecule has 0 aliphatic heterocycles. The number of aliphatic carboxylic acids is 1. The molecule has 0 atom stereocenters. The van der Waals surface area contributed by atoms with Crippen molar-refractivity contribution in [2.24, 2.45) is 0 Å². The normalized spacial score (nSPS) is 11.2. The third kappa shape index (κ3) is 20.5. The molecule has 0 fully saturated rings. The number of rotatable bonds is 19. The van der Waals surface area contributed by atoms with Crippen LogP contribution in [-0.4, -0.2) is 109 Å². The van der Waals surface area contributed by atoms with Gasteiger partial charge >= 0.3 is 11.9 Å². The Morgan fingerprint density at radius 1 is 0.402 bits per heavy atom. The zero-order valence-electron chi connectivity index (χ0n) is 63.6. The highest BCUT2D eigenvalue weighted by Crippen LogP contribution is 2.38. The van der Waals surface area contributed by atoms with Crippen LogP contribution in [-0.2, 0) is 56.9 Å². The second-order valence-corrected chi connectivity index (χ2v) is 33.3. The van der Waals surface area contributed by atoms with Crippen molar-refractivity contribution in [2.75, 3.05) is 42.7 Å². The summed E-state index contributed by atoms with van der Waals surface area (Å²) in [6.07, 6.45) is 8.61. The maximum absolute atomic E-state index is 13.2. The SMILES string of the molecule is COC(=O)CCn1cc(S(=O)(=O)c2ccc(C)cc2)c2ccc(OC)cc21.COc1ccc2c(S(=O)(=O)c3ccc(C)cc3)c[nH]c2c1.COc1ccc2c(S(=O)(=O)c3ccc(C)cc3)cn(CCC(=O)O)c2c1.COc1ccc2c(Sc3ccc(C)cc3)c[nH]c2c1.COc1ccc2cc[nH]c2c1.Cc1ccc(S)cc1. The lowest BCUT2D eigenvalue weighted by Crippen LogP contribution is -2.06. The Morgan fingerprint density at radius 3 is 1.20 bits per heavy atom. The second kappa shape index (κ2) is 37.4. The largest absolute Gasteiger partial charge is 0.497 e. The Bertz CT molecular complexity index is 6090. The molecule has 15 aromatic rings. The molecule has 112 heavy (non-hydrogen) atoms. The molecule has 10 aromatic carbocycles. The number of methoxy groups -OCH3 is 6. The molecule has 0 amide bonds. The van der Waals surface area contributed by atoms with Crippen LogP contribution in [0.25, 0.3) is 54.5 Å². The number of hydrogen-bond donors (Lipinski definition) is 5. The van der Waals surface area contributed by atoms with Crippen molar-refractivity contribution in [3.63, 3.8) is 0 Å². The number of esters is 1. The van der Waals surface area contributed by atoms with Crippen molar-refractivity contribution < 1.29 is 68.4 Å². The molecule has 15 rings (SSSR count). The number of sulfone groups is 3. The Labute approximate surface area is 661 Å². The van der Waals surface area contributed by atoms with Crippen LogP contribution in [0.1, 0.15) is 40.7 Å². The van der Waals surface area contributed by atoms with Crippen molar-refractivity contribution in [3.8, 4) is 28.7 Å². The van der Waals surface area contributed by atoms with Crippen LogP contribution in [0, 0.1) is 34.6 Å². The summed E-state index contributed by atoms with van der Waals surface area (Å²) in [5, 5.41) is 13.2. The fraction of sp³-hybridized carbons (Fsp3) is 0.172. The number of carboxylic acids is 1. The standard InChI is InChI=1S/C20H21NO5S.C19H19NO5S.C16H15NO3S.C16H15NOS.C9H9NO.C7H8S/c1-14-4-7-16(8-5-14)27(23,24)19-13-21(11-10-20(22)26-3)18-12-15(25-2)6-9-17(18)19;1-13-3-6-15(7-4-13)26(23,24)18-12-20(10-9-19(21)22)17-11-14(25-2)5-8-16(17)18;1-11-3-6-13(7-4-11)21(18,19)16-10-17-15-9-12(20-2)5-8-14(15)16;1-11-3-6-13(7-4-11)19-16-10-17-15-9-12(18-2)5-8-14(15)16;1-11-8-3-2-7-4-5-10-9(7)6-8;1-6-2-4-7(8)5-3-6/h4-9,12-13H,10-11H2,1-3H3;3-8,11-12H,9-10H2,1-2H3,(H,21,22);3-10,17H,1-2H3;3-10,17H,1-2H3;2-6,10H,1H3;2-5,8H,1H3. The maximum atomic E-state index is 13.2. The number of aromatic amines is 3. The molecule has 0 saturated heterocycles. The number of carboxylic acid groups (broad SMARTS) is 1. The number of nitrogens with zero attached hydrogens (tertiary/aromatic N) is 2. The van der Waals surface area contributed by atoms with Gasteiger partial charge in [-0.3, -0.25) is 9.59 Å². The molecule has 20 nitrogen and oxygen atoms in total. The average molecular weight is 1600 g/mol. The van der Waals surface area contributed by atoms with E-state index < -0.39 is 35.5 Å². The third-order valence-electron chi connectivity index (χ3n) is 18.1. The van der Waals surface area contributed by atoms with Crippen molar-refractivity contribution >= 4 is 120 Å². The summed E-state index contributed by atoms with van der Waals surface area (Å²) in [6.45, 7) is 10.4. The van der Waals surface area contributed by atoms with Gasteiger partial charge in [-0.1, -0.05) is 100 Å². The van der Waals surface area contributed by atoms with E-state index in [9.17, 15) is 34.8 Å². The van der Waals surface area contributed by atoms with Crippen molar-refractivity contribution in [1.29, 1.82) is 0 Å². The summed E-state index contributed by atoms with van der Waals surface area (Å²) in [7, 11) is -1.63. The van der Waals surface area contributed by atoms with Crippen molar-refractivity contribution in [1.82, 2.24) is 24.1 Å². The van der Waals surface area contributed by atoms with Gasteiger partial charge in [-0.2, -0.15) is 0 Å². The minimum Gasteiger partial charge on any atom is -0.497 e. The molecule has 0 aliphatic carbocycles. The summed E-state index contributed by atoms with van der Waals surface area (Å²) in [4.78, 5) is 36.7. The number of hydrogen-bond acceptors (Lipinski definition) is 16. The van der Waals surface area contributed by atoms with Gasteiger partial charge in [0.1, 0.15) is 28.7 Å². The van der Waals surface area contributed by atoms with Gasteiger partial charge in [0.15, 0.2) is 0 Å². The number of nitrogens with one attached hydrogen (secondary N) is 3. The Morgan fingerprint density at radius 2 is 0.768 bits per heavy atom. The molecular formula is C87H87N5O15S5. The average Bonchev–Trinajstić information content (AvgIpc) is 1.61. The lowest BCUT2D eigenvalue weighted by Gasteiger charge is -2.05. The van der Waals surface area contributed by atoms with Gasteiger partial charge in [0.2, 0.25) is 29.5 Å². The first-order valence-electron chi connectivity index (χ1n) is 35.2. The highest BCUT2D eigenvalue weighted by atomic mass is 32.2. The van der Waals surface area contributed by atoms with Gasteiger partial charge in [0.05, 0.1) is 107 Å². The van der Waals surface area contributed by atoms with Crippen LogP contribution in [0.5, 0.6) is 28.7 Å². The number of benzene rings is 10. The summed E-state index contributed by atoms with van der Waals surface area (Å²) < 4.78 is 112. The fourth-order valence-corrected chi connectivity index (χ4v) is 17.2. The van der Waals surface area contributed by atoms with E-state index in [2.05, 4.69) is 82.7 Å². The number of ether oxygens (including phenoxy) is 6. The highest BCUT2D eigenvalue weighted by molar-refractivity contribution is 7.99. The smallest absolute Gasteiger partial charge is 0.307 e. The number of carbonyl (C=O) groups is 2. The lowest BCUT2D eigenvalue weighted by molar-refractivity contribution is -0.141. The minimum absolute atomic E-state index is 0.106.